The summed E-state index contributed by atoms with van der Waals surface area (Å²) in [6.45, 7) is 2.21. The smallest absolute Gasteiger partial charge is 0.0901 e. The van der Waals surface area contributed by atoms with E-state index in [0.29, 0.717) is 0 Å². The number of hydrogen-bond donors (Lipinski definition) is 0. The van der Waals surface area contributed by atoms with Gasteiger partial charge in [-0.1, -0.05) is 12.0 Å². The second kappa shape index (κ2) is 2.88. The van der Waals surface area contributed by atoms with E-state index in [-0.39, 0.29) is 5.60 Å². The lowest BCUT2D eigenvalue weighted by molar-refractivity contribution is 0.108. The number of ether oxygens (including phenoxy) is 1. The predicted molar refractivity (Wildman–Crippen MR) is 50.1 cm³/mol. The minimum absolute atomic E-state index is 0.146. The van der Waals surface area contributed by atoms with Gasteiger partial charge in [-0.05, 0) is 38.2 Å². The highest BCUT2D eigenvalue weighted by Crippen LogP contribution is 2.49. The Hall–Kier alpha value is -0.300. The first-order chi connectivity index (χ1) is 5.76. The summed E-state index contributed by atoms with van der Waals surface area (Å²) in [4.78, 5) is 0. The van der Waals surface area contributed by atoms with Crippen LogP contribution < -0.4 is 0 Å². The average molecular weight is 166 g/mol. The molecule has 0 N–H and O–H groups in total. The fourth-order valence-corrected chi connectivity index (χ4v) is 2.27. The van der Waals surface area contributed by atoms with Crippen molar-refractivity contribution in [3.05, 3.63) is 11.1 Å². The summed E-state index contributed by atoms with van der Waals surface area (Å²) >= 11 is 0. The Kier molecular flexibility index (Phi) is 1.99. The normalized spacial score (nSPS) is 35.5. The van der Waals surface area contributed by atoms with Gasteiger partial charge in [-0.15, -0.1) is 0 Å². The lowest BCUT2D eigenvalue weighted by atomic mass is 9.93. The minimum Gasteiger partial charge on any atom is -0.374 e. The van der Waals surface area contributed by atoms with E-state index in [9.17, 15) is 0 Å². The van der Waals surface area contributed by atoms with E-state index in [2.05, 4.69) is 6.92 Å². The van der Waals surface area contributed by atoms with Crippen LogP contribution in [0.3, 0.4) is 0 Å². The molecule has 0 spiro atoms. The molecule has 0 heterocycles. The highest BCUT2D eigenvalue weighted by atomic mass is 16.5. The van der Waals surface area contributed by atoms with E-state index in [1.807, 2.05) is 7.11 Å². The maximum Gasteiger partial charge on any atom is 0.0901 e. The van der Waals surface area contributed by atoms with E-state index < -0.39 is 0 Å². The Balaban J connectivity index is 2.07. The van der Waals surface area contributed by atoms with E-state index in [0.717, 1.165) is 0 Å². The van der Waals surface area contributed by atoms with Crippen molar-refractivity contribution in [1.82, 2.24) is 0 Å². The van der Waals surface area contributed by atoms with Crippen molar-refractivity contribution in [2.75, 3.05) is 7.11 Å². The van der Waals surface area contributed by atoms with Gasteiger partial charge in [0.1, 0.15) is 0 Å². The van der Waals surface area contributed by atoms with Crippen LogP contribution in [0, 0.1) is 0 Å². The summed E-state index contributed by atoms with van der Waals surface area (Å²) in [5.41, 5.74) is 3.47. The van der Waals surface area contributed by atoms with Gasteiger partial charge in [-0.25, -0.2) is 0 Å². The van der Waals surface area contributed by atoms with Gasteiger partial charge in [0.25, 0.3) is 0 Å². The van der Waals surface area contributed by atoms with E-state index >= 15 is 0 Å². The summed E-state index contributed by atoms with van der Waals surface area (Å²) in [6, 6.07) is 0. The van der Waals surface area contributed by atoms with Crippen molar-refractivity contribution >= 4 is 0 Å². The van der Waals surface area contributed by atoms with E-state index in [1.165, 1.54) is 38.5 Å². The molecular weight excluding hydrogens is 148 g/mol. The van der Waals surface area contributed by atoms with Gasteiger partial charge in [0.2, 0.25) is 0 Å². The molecule has 0 saturated heterocycles. The zero-order chi connectivity index (χ0) is 8.60. The van der Waals surface area contributed by atoms with Gasteiger partial charge in [-0.2, -0.15) is 0 Å². The highest BCUT2D eigenvalue weighted by molar-refractivity contribution is 5.39. The zero-order valence-corrected chi connectivity index (χ0v) is 8.15. The molecule has 1 atom stereocenters. The third kappa shape index (κ3) is 1.31. The van der Waals surface area contributed by atoms with Crippen molar-refractivity contribution in [1.29, 1.82) is 0 Å². The summed E-state index contributed by atoms with van der Waals surface area (Å²) < 4.78 is 5.46. The summed E-state index contributed by atoms with van der Waals surface area (Å²) in [6.07, 6.45) is 8.11. The number of methoxy groups -OCH3 is 1. The second-order valence-electron chi connectivity index (χ2n) is 4.25. The molecule has 2 aliphatic rings. The third-order valence-corrected chi connectivity index (χ3v) is 3.36. The molecule has 68 valence electrons. The van der Waals surface area contributed by atoms with Crippen molar-refractivity contribution in [2.24, 2.45) is 0 Å². The van der Waals surface area contributed by atoms with Crippen molar-refractivity contribution < 1.29 is 4.74 Å². The lowest BCUT2D eigenvalue weighted by Gasteiger charge is -2.14. The SMILES string of the molecule is COC1(C)CC1=C1CCCCC1. The number of allylic oxidation sites excluding steroid dienone is 1. The monoisotopic (exact) mass is 166 g/mol. The molecule has 0 amide bonds. The van der Waals surface area contributed by atoms with Gasteiger partial charge >= 0.3 is 0 Å². The fraction of sp³-hybridized carbons (Fsp3) is 0.818. The largest absolute Gasteiger partial charge is 0.374 e. The molecule has 12 heavy (non-hydrogen) atoms. The first-order valence-electron chi connectivity index (χ1n) is 5.03. The first-order valence-corrected chi connectivity index (χ1v) is 5.03. The van der Waals surface area contributed by atoms with Gasteiger partial charge in [0, 0.05) is 13.5 Å². The first kappa shape index (κ1) is 8.31. The molecule has 0 aromatic carbocycles. The van der Waals surface area contributed by atoms with Gasteiger partial charge in [-0.3, -0.25) is 0 Å². The topological polar surface area (TPSA) is 9.23 Å². The molecule has 1 unspecified atom stereocenters. The molecule has 0 bridgehead atoms. The standard InChI is InChI=1S/C11H18O/c1-11(12-2)8-10(11)9-6-4-3-5-7-9/h3-8H2,1-2H3. The quantitative estimate of drug-likeness (QED) is 0.544. The molecule has 0 aromatic heterocycles. The van der Waals surface area contributed by atoms with Crippen molar-refractivity contribution in [2.45, 2.75) is 51.0 Å². The van der Waals surface area contributed by atoms with E-state index in [1.54, 1.807) is 11.1 Å². The Bertz CT molecular complexity index is 204. The predicted octanol–water partition coefficient (Wildman–Crippen LogP) is 3.06. The maximum atomic E-state index is 5.46. The summed E-state index contributed by atoms with van der Waals surface area (Å²) in [5.74, 6) is 0. The molecule has 0 radical (unpaired) electrons. The lowest BCUT2D eigenvalue weighted by Crippen LogP contribution is -2.06. The van der Waals surface area contributed by atoms with Gasteiger partial charge in [0.05, 0.1) is 5.60 Å². The van der Waals surface area contributed by atoms with Crippen LogP contribution in [0.25, 0.3) is 0 Å². The molecule has 2 fully saturated rings. The second-order valence-corrected chi connectivity index (χ2v) is 4.25. The molecule has 0 aliphatic heterocycles. The Morgan fingerprint density at radius 1 is 1.17 bits per heavy atom. The Morgan fingerprint density at radius 3 is 2.33 bits per heavy atom. The Labute approximate surface area is 74.8 Å². The van der Waals surface area contributed by atoms with Gasteiger partial charge < -0.3 is 4.74 Å². The molecular formula is C11H18O. The van der Waals surface area contributed by atoms with Crippen LogP contribution in [0.5, 0.6) is 0 Å². The molecule has 2 aliphatic carbocycles. The molecule has 2 rings (SSSR count). The summed E-state index contributed by atoms with van der Waals surface area (Å²) in [5, 5.41) is 0. The van der Waals surface area contributed by atoms with Crippen LogP contribution in [0.2, 0.25) is 0 Å². The van der Waals surface area contributed by atoms with Crippen LogP contribution in [0.15, 0.2) is 11.1 Å². The van der Waals surface area contributed by atoms with Gasteiger partial charge in [0.15, 0.2) is 0 Å². The molecule has 1 nitrogen and oxygen atoms in total. The van der Waals surface area contributed by atoms with Crippen LogP contribution in [0.4, 0.5) is 0 Å². The van der Waals surface area contributed by atoms with Crippen molar-refractivity contribution in [3.63, 3.8) is 0 Å². The van der Waals surface area contributed by atoms with Crippen LogP contribution >= 0.6 is 0 Å². The highest BCUT2D eigenvalue weighted by Gasteiger charge is 2.46. The van der Waals surface area contributed by atoms with E-state index in [4.69, 9.17) is 4.74 Å². The zero-order valence-electron chi connectivity index (χ0n) is 8.15. The maximum absolute atomic E-state index is 5.46. The third-order valence-electron chi connectivity index (χ3n) is 3.36. The fourth-order valence-electron chi connectivity index (χ4n) is 2.27. The number of hydrogen-bond acceptors (Lipinski definition) is 1. The van der Waals surface area contributed by atoms with Crippen LogP contribution in [-0.2, 0) is 4.74 Å². The molecule has 0 aromatic rings. The average Bonchev–Trinajstić information content (AvgIpc) is 2.81. The van der Waals surface area contributed by atoms with Crippen molar-refractivity contribution in [3.8, 4) is 0 Å². The molecule has 2 saturated carbocycles. The minimum atomic E-state index is 0.146. The summed E-state index contributed by atoms with van der Waals surface area (Å²) in [7, 11) is 1.83. The van der Waals surface area contributed by atoms with Crippen LogP contribution in [0.1, 0.15) is 45.4 Å². The molecule has 1 heteroatoms. The van der Waals surface area contributed by atoms with Crippen LogP contribution in [-0.4, -0.2) is 12.7 Å². The Morgan fingerprint density at radius 2 is 1.83 bits per heavy atom. The number of rotatable bonds is 1.